The van der Waals surface area contributed by atoms with Crippen molar-refractivity contribution in [3.63, 3.8) is 0 Å². The van der Waals surface area contributed by atoms with Crippen LogP contribution in [0, 0.1) is 5.41 Å². The summed E-state index contributed by atoms with van der Waals surface area (Å²) in [5.74, 6) is 0.236. The van der Waals surface area contributed by atoms with Gasteiger partial charge in [0.05, 0.1) is 5.41 Å². The molecule has 0 atom stereocenters. The van der Waals surface area contributed by atoms with Gasteiger partial charge in [0, 0.05) is 6.54 Å². The molecule has 0 bridgehead atoms. The molecule has 1 aromatic rings. The highest BCUT2D eigenvalue weighted by Crippen LogP contribution is 2.43. The Hall–Kier alpha value is -1.35. The van der Waals surface area contributed by atoms with E-state index in [1.807, 2.05) is 18.2 Å². The van der Waals surface area contributed by atoms with E-state index in [4.69, 9.17) is 5.73 Å². The summed E-state index contributed by atoms with van der Waals surface area (Å²) in [5, 5.41) is 3.09. The first kappa shape index (κ1) is 14.1. The van der Waals surface area contributed by atoms with Crippen LogP contribution in [-0.4, -0.2) is 19.0 Å². The van der Waals surface area contributed by atoms with E-state index in [1.165, 1.54) is 12.0 Å². The van der Waals surface area contributed by atoms with Crippen molar-refractivity contribution in [2.24, 2.45) is 11.1 Å². The lowest BCUT2D eigenvalue weighted by atomic mass is 9.64. The van der Waals surface area contributed by atoms with Crippen LogP contribution in [0.5, 0.6) is 0 Å². The summed E-state index contributed by atoms with van der Waals surface area (Å²) in [6, 6.07) is 10.3. The normalized spacial score (nSPS) is 16.7. The minimum absolute atomic E-state index is 0.149. The van der Waals surface area contributed by atoms with Crippen LogP contribution >= 0.6 is 0 Å². The molecule has 0 radical (unpaired) electrons. The SMILES string of the molecule is NCCCCNC(=O)C1(Cc2ccccc2)CCC1. The highest BCUT2D eigenvalue weighted by atomic mass is 16.2. The summed E-state index contributed by atoms with van der Waals surface area (Å²) in [6.07, 6.45) is 6.03. The fraction of sp³-hybridized carbons (Fsp3) is 0.562. The van der Waals surface area contributed by atoms with Crippen LogP contribution < -0.4 is 11.1 Å². The average molecular weight is 260 g/mol. The second-order valence-corrected chi connectivity index (χ2v) is 5.55. The molecule has 3 heteroatoms. The van der Waals surface area contributed by atoms with E-state index in [0.29, 0.717) is 6.54 Å². The maximum Gasteiger partial charge on any atom is 0.226 e. The molecule has 0 aromatic heterocycles. The summed E-state index contributed by atoms with van der Waals surface area (Å²) >= 11 is 0. The molecule has 19 heavy (non-hydrogen) atoms. The first-order chi connectivity index (χ1) is 9.27. The average Bonchev–Trinajstić information content (AvgIpc) is 2.40. The summed E-state index contributed by atoms with van der Waals surface area (Å²) in [7, 11) is 0. The van der Waals surface area contributed by atoms with Crippen molar-refractivity contribution >= 4 is 5.91 Å². The Morgan fingerprint density at radius 3 is 2.53 bits per heavy atom. The highest BCUT2D eigenvalue weighted by molar-refractivity contribution is 5.83. The molecule has 1 aliphatic rings. The van der Waals surface area contributed by atoms with E-state index >= 15 is 0 Å². The molecule has 1 fully saturated rings. The second kappa shape index (κ2) is 6.71. The van der Waals surface area contributed by atoms with Gasteiger partial charge in [-0.25, -0.2) is 0 Å². The van der Waals surface area contributed by atoms with Gasteiger partial charge in [-0.3, -0.25) is 4.79 Å². The quantitative estimate of drug-likeness (QED) is 0.739. The van der Waals surface area contributed by atoms with Crippen molar-refractivity contribution in [3.8, 4) is 0 Å². The van der Waals surface area contributed by atoms with Crippen LogP contribution in [0.4, 0.5) is 0 Å². The molecular weight excluding hydrogens is 236 g/mol. The van der Waals surface area contributed by atoms with Crippen LogP contribution in [0.2, 0.25) is 0 Å². The molecule has 0 saturated heterocycles. The third kappa shape index (κ3) is 3.57. The lowest BCUT2D eigenvalue weighted by Crippen LogP contribution is -2.47. The molecule has 1 saturated carbocycles. The maximum atomic E-state index is 12.4. The molecule has 3 N–H and O–H groups in total. The van der Waals surface area contributed by atoms with E-state index < -0.39 is 0 Å². The van der Waals surface area contributed by atoms with E-state index in [-0.39, 0.29) is 11.3 Å². The van der Waals surface area contributed by atoms with Crippen LogP contribution in [0.15, 0.2) is 30.3 Å². The standard InChI is InChI=1S/C16H24N2O/c17-11-4-5-12-18-15(19)16(9-6-10-16)13-14-7-2-1-3-8-14/h1-3,7-8H,4-6,9-13,17H2,(H,18,19). The Morgan fingerprint density at radius 2 is 1.95 bits per heavy atom. The van der Waals surface area contributed by atoms with Gasteiger partial charge in [0.25, 0.3) is 0 Å². The number of benzene rings is 1. The third-order valence-corrected chi connectivity index (χ3v) is 4.09. The van der Waals surface area contributed by atoms with Crippen LogP contribution in [0.1, 0.15) is 37.7 Å². The van der Waals surface area contributed by atoms with Crippen molar-refractivity contribution in [2.75, 3.05) is 13.1 Å². The predicted molar refractivity (Wildman–Crippen MR) is 77.7 cm³/mol. The minimum atomic E-state index is -0.149. The topological polar surface area (TPSA) is 55.1 Å². The molecule has 0 heterocycles. The number of carbonyl (C=O) groups is 1. The van der Waals surface area contributed by atoms with Crippen molar-refractivity contribution in [1.29, 1.82) is 0 Å². The molecule has 104 valence electrons. The lowest BCUT2D eigenvalue weighted by Gasteiger charge is -2.40. The van der Waals surface area contributed by atoms with Gasteiger partial charge < -0.3 is 11.1 Å². The Kier molecular flexibility index (Phi) is 4.97. The first-order valence-corrected chi connectivity index (χ1v) is 7.29. The maximum absolute atomic E-state index is 12.4. The molecule has 3 nitrogen and oxygen atoms in total. The molecule has 1 aliphatic carbocycles. The molecule has 0 unspecified atom stereocenters. The predicted octanol–water partition coefficient (Wildman–Crippen LogP) is 2.25. The smallest absolute Gasteiger partial charge is 0.226 e. The Balaban J connectivity index is 1.89. The fourth-order valence-corrected chi connectivity index (χ4v) is 2.73. The molecule has 0 aliphatic heterocycles. The largest absolute Gasteiger partial charge is 0.356 e. The number of nitrogens with one attached hydrogen (secondary N) is 1. The summed E-state index contributed by atoms with van der Waals surface area (Å²) in [5.41, 5.74) is 6.57. The van der Waals surface area contributed by atoms with Gasteiger partial charge in [-0.15, -0.1) is 0 Å². The fourth-order valence-electron chi connectivity index (χ4n) is 2.73. The van der Waals surface area contributed by atoms with Gasteiger partial charge in [-0.05, 0) is 44.2 Å². The van der Waals surface area contributed by atoms with Crippen LogP contribution in [0.25, 0.3) is 0 Å². The van der Waals surface area contributed by atoms with E-state index in [1.54, 1.807) is 0 Å². The summed E-state index contributed by atoms with van der Waals surface area (Å²) in [4.78, 5) is 12.4. The number of hydrogen-bond acceptors (Lipinski definition) is 2. The van der Waals surface area contributed by atoms with Gasteiger partial charge in [-0.1, -0.05) is 36.8 Å². The Bertz CT molecular complexity index is 398. The highest BCUT2D eigenvalue weighted by Gasteiger charge is 2.43. The van der Waals surface area contributed by atoms with Crippen molar-refractivity contribution in [2.45, 2.75) is 38.5 Å². The molecular formula is C16H24N2O. The molecule has 1 amide bonds. The number of rotatable bonds is 7. The number of unbranched alkanes of at least 4 members (excludes halogenated alkanes) is 1. The number of hydrogen-bond donors (Lipinski definition) is 2. The van der Waals surface area contributed by atoms with E-state index in [0.717, 1.165) is 38.6 Å². The molecule has 2 rings (SSSR count). The molecule has 1 aromatic carbocycles. The Labute approximate surface area is 115 Å². The van der Waals surface area contributed by atoms with Gasteiger partial charge >= 0.3 is 0 Å². The zero-order chi connectivity index (χ0) is 13.6. The Morgan fingerprint density at radius 1 is 1.21 bits per heavy atom. The third-order valence-electron chi connectivity index (χ3n) is 4.09. The number of amides is 1. The van der Waals surface area contributed by atoms with Crippen molar-refractivity contribution in [3.05, 3.63) is 35.9 Å². The zero-order valence-corrected chi connectivity index (χ0v) is 11.5. The van der Waals surface area contributed by atoms with Crippen molar-refractivity contribution in [1.82, 2.24) is 5.32 Å². The van der Waals surface area contributed by atoms with Crippen LogP contribution in [0.3, 0.4) is 0 Å². The van der Waals surface area contributed by atoms with Gasteiger partial charge in [0.2, 0.25) is 5.91 Å². The molecule has 0 spiro atoms. The van der Waals surface area contributed by atoms with Gasteiger partial charge in [-0.2, -0.15) is 0 Å². The van der Waals surface area contributed by atoms with Gasteiger partial charge in [0.1, 0.15) is 0 Å². The van der Waals surface area contributed by atoms with Crippen LogP contribution in [-0.2, 0) is 11.2 Å². The minimum Gasteiger partial charge on any atom is -0.356 e. The monoisotopic (exact) mass is 260 g/mol. The van der Waals surface area contributed by atoms with Crippen molar-refractivity contribution < 1.29 is 4.79 Å². The van der Waals surface area contributed by atoms with Gasteiger partial charge in [0.15, 0.2) is 0 Å². The van der Waals surface area contributed by atoms with E-state index in [2.05, 4.69) is 17.4 Å². The first-order valence-electron chi connectivity index (χ1n) is 7.29. The lowest BCUT2D eigenvalue weighted by molar-refractivity contribution is -0.135. The number of carbonyl (C=O) groups excluding carboxylic acids is 1. The summed E-state index contributed by atoms with van der Waals surface area (Å²) < 4.78 is 0. The zero-order valence-electron chi connectivity index (χ0n) is 11.5. The van der Waals surface area contributed by atoms with E-state index in [9.17, 15) is 4.79 Å². The number of nitrogens with two attached hydrogens (primary N) is 1. The second-order valence-electron chi connectivity index (χ2n) is 5.55. The summed E-state index contributed by atoms with van der Waals surface area (Å²) in [6.45, 7) is 1.46.